The number of thiophene rings is 1. The zero-order chi connectivity index (χ0) is 26.2. The van der Waals surface area contributed by atoms with Crippen LogP contribution in [-0.4, -0.2) is 43.2 Å². The summed E-state index contributed by atoms with van der Waals surface area (Å²) in [6, 6.07) is 11.2. The predicted molar refractivity (Wildman–Crippen MR) is 145 cm³/mol. The maximum Gasteiger partial charge on any atom is 0.142 e. The Balaban J connectivity index is 1.27. The summed E-state index contributed by atoms with van der Waals surface area (Å²) in [6.07, 6.45) is 4.94. The summed E-state index contributed by atoms with van der Waals surface area (Å²) in [7, 11) is 0. The van der Waals surface area contributed by atoms with E-state index in [1.165, 1.54) is 18.5 Å². The SMILES string of the molecule is OCC(CO)n1cc2c(n1)CCc1c-2sc2ncnc(Nc3ccc(OCc4cccc(F)c4)c(Cl)c3)c12. The van der Waals surface area contributed by atoms with Crippen LogP contribution in [0.1, 0.15) is 22.9 Å². The fraction of sp³-hybridized carbons (Fsp3) is 0.222. The van der Waals surface area contributed by atoms with E-state index in [1.54, 1.807) is 40.3 Å². The molecule has 6 rings (SSSR count). The average molecular weight is 552 g/mol. The molecule has 0 aliphatic heterocycles. The van der Waals surface area contributed by atoms with Gasteiger partial charge in [-0.1, -0.05) is 23.7 Å². The Hall–Kier alpha value is -3.57. The third kappa shape index (κ3) is 4.60. The molecule has 3 N–H and O–H groups in total. The van der Waals surface area contributed by atoms with Crippen LogP contribution in [-0.2, 0) is 19.4 Å². The first-order valence-electron chi connectivity index (χ1n) is 12.0. The Morgan fingerprint density at radius 1 is 1.13 bits per heavy atom. The van der Waals surface area contributed by atoms with Crippen molar-refractivity contribution in [2.45, 2.75) is 25.5 Å². The maximum atomic E-state index is 13.4. The van der Waals surface area contributed by atoms with Crippen molar-refractivity contribution in [2.75, 3.05) is 18.5 Å². The van der Waals surface area contributed by atoms with Crippen LogP contribution in [0.3, 0.4) is 0 Å². The second-order valence-electron chi connectivity index (χ2n) is 8.99. The highest BCUT2D eigenvalue weighted by Crippen LogP contribution is 2.45. The lowest BCUT2D eigenvalue weighted by Gasteiger charge is -2.13. The molecule has 8 nitrogen and oxygen atoms in total. The van der Waals surface area contributed by atoms with Crippen LogP contribution >= 0.6 is 22.9 Å². The Morgan fingerprint density at radius 2 is 2.00 bits per heavy atom. The first-order chi connectivity index (χ1) is 18.5. The molecule has 0 bridgehead atoms. The van der Waals surface area contributed by atoms with Gasteiger partial charge < -0.3 is 20.3 Å². The Labute approximate surface area is 226 Å². The van der Waals surface area contributed by atoms with E-state index >= 15 is 0 Å². The van der Waals surface area contributed by atoms with Gasteiger partial charge in [-0.3, -0.25) is 4.68 Å². The second kappa shape index (κ2) is 10.3. The number of aromatic nitrogens is 4. The van der Waals surface area contributed by atoms with E-state index in [2.05, 4.69) is 20.4 Å². The first-order valence-corrected chi connectivity index (χ1v) is 13.2. The number of nitrogens with zero attached hydrogens (tertiary/aromatic N) is 4. The maximum absolute atomic E-state index is 13.4. The van der Waals surface area contributed by atoms with Gasteiger partial charge in [0.2, 0.25) is 0 Å². The van der Waals surface area contributed by atoms with E-state index in [0.717, 1.165) is 50.4 Å². The third-order valence-electron chi connectivity index (χ3n) is 6.53. The monoisotopic (exact) mass is 551 g/mol. The van der Waals surface area contributed by atoms with E-state index in [1.807, 2.05) is 12.3 Å². The summed E-state index contributed by atoms with van der Waals surface area (Å²) in [5.41, 5.74) is 4.54. The Bertz CT molecular complexity index is 1630. The van der Waals surface area contributed by atoms with Crippen LogP contribution < -0.4 is 10.1 Å². The van der Waals surface area contributed by atoms with Crippen molar-refractivity contribution in [1.29, 1.82) is 0 Å². The van der Waals surface area contributed by atoms with E-state index < -0.39 is 6.04 Å². The normalized spacial score (nSPS) is 12.6. The summed E-state index contributed by atoms with van der Waals surface area (Å²) in [5.74, 6) is 0.861. The Kier molecular flexibility index (Phi) is 6.71. The molecule has 0 saturated carbocycles. The predicted octanol–water partition coefficient (Wildman–Crippen LogP) is 5.29. The number of hydrogen-bond acceptors (Lipinski definition) is 8. The van der Waals surface area contributed by atoms with Crippen LogP contribution in [0.5, 0.6) is 5.75 Å². The lowest BCUT2D eigenvalue weighted by atomic mass is 9.95. The summed E-state index contributed by atoms with van der Waals surface area (Å²) < 4.78 is 20.9. The molecule has 1 aliphatic carbocycles. The number of rotatable bonds is 8. The molecule has 0 spiro atoms. The van der Waals surface area contributed by atoms with Crippen LogP contribution in [0.15, 0.2) is 55.0 Å². The number of aliphatic hydroxyl groups excluding tert-OH is 2. The van der Waals surface area contributed by atoms with Gasteiger partial charge in [0, 0.05) is 22.3 Å². The smallest absolute Gasteiger partial charge is 0.142 e. The fourth-order valence-electron chi connectivity index (χ4n) is 4.62. The van der Waals surface area contributed by atoms with E-state index in [-0.39, 0.29) is 25.6 Å². The molecule has 2 aromatic carbocycles. The summed E-state index contributed by atoms with van der Waals surface area (Å²) in [5, 5.41) is 28.5. The highest BCUT2D eigenvalue weighted by molar-refractivity contribution is 7.22. The molecule has 0 unspecified atom stereocenters. The van der Waals surface area contributed by atoms with Crippen molar-refractivity contribution < 1.29 is 19.3 Å². The molecule has 3 aromatic heterocycles. The van der Waals surface area contributed by atoms with Crippen molar-refractivity contribution in [1.82, 2.24) is 19.7 Å². The first kappa shape index (κ1) is 24.7. The van der Waals surface area contributed by atoms with E-state index in [0.29, 0.717) is 22.2 Å². The molecule has 0 saturated heterocycles. The molecule has 11 heteroatoms. The van der Waals surface area contributed by atoms with Crippen molar-refractivity contribution in [2.24, 2.45) is 0 Å². The molecule has 5 aromatic rings. The van der Waals surface area contributed by atoms with Crippen LogP contribution in [0.4, 0.5) is 15.9 Å². The van der Waals surface area contributed by atoms with E-state index in [9.17, 15) is 14.6 Å². The number of hydrogen-bond donors (Lipinski definition) is 3. The Morgan fingerprint density at radius 3 is 2.79 bits per heavy atom. The standard InChI is InChI=1S/C27H23ClFN5O3S/c28-21-9-17(4-7-23(21)37-13-15-2-1-3-16(29)8-15)32-26-24-19-5-6-22-20(10-34(33-22)18(11-35)12-36)25(19)38-27(24)31-14-30-26/h1-4,7-10,14,18,35-36H,5-6,11-13H2,(H,30,31,32). The lowest BCUT2D eigenvalue weighted by molar-refractivity contribution is 0.146. The van der Waals surface area contributed by atoms with Crippen molar-refractivity contribution in [3.05, 3.63) is 82.6 Å². The zero-order valence-corrected chi connectivity index (χ0v) is 21.6. The van der Waals surface area contributed by atoms with Gasteiger partial charge in [0.15, 0.2) is 0 Å². The zero-order valence-electron chi connectivity index (χ0n) is 20.1. The minimum Gasteiger partial charge on any atom is -0.487 e. The number of aryl methyl sites for hydroxylation is 2. The minimum absolute atomic E-state index is 0.187. The van der Waals surface area contributed by atoms with Gasteiger partial charge in [0.05, 0.1) is 35.4 Å². The number of halogens is 2. The van der Waals surface area contributed by atoms with Gasteiger partial charge in [-0.2, -0.15) is 5.10 Å². The molecule has 0 radical (unpaired) electrons. The molecule has 3 heterocycles. The molecular weight excluding hydrogens is 529 g/mol. The highest BCUT2D eigenvalue weighted by atomic mass is 35.5. The van der Waals surface area contributed by atoms with Gasteiger partial charge in [-0.15, -0.1) is 11.3 Å². The largest absolute Gasteiger partial charge is 0.487 e. The van der Waals surface area contributed by atoms with Crippen LogP contribution in [0, 0.1) is 5.82 Å². The third-order valence-corrected chi connectivity index (χ3v) is 7.99. The molecule has 0 atom stereocenters. The van der Waals surface area contributed by atoms with Gasteiger partial charge >= 0.3 is 0 Å². The minimum atomic E-state index is -0.471. The van der Waals surface area contributed by atoms with E-state index in [4.69, 9.17) is 16.3 Å². The number of aliphatic hydroxyl groups is 2. The average Bonchev–Trinajstić information content (AvgIpc) is 3.51. The van der Waals surface area contributed by atoms with Crippen LogP contribution in [0.2, 0.25) is 5.02 Å². The van der Waals surface area contributed by atoms with Gasteiger partial charge in [0.25, 0.3) is 0 Å². The van der Waals surface area contributed by atoms with Gasteiger partial charge in [0.1, 0.15) is 35.1 Å². The summed E-state index contributed by atoms with van der Waals surface area (Å²) in [4.78, 5) is 11.0. The molecule has 1 aliphatic rings. The van der Waals surface area contributed by atoms with Crippen molar-refractivity contribution >= 4 is 44.7 Å². The number of fused-ring (bicyclic) bond motifs is 5. The lowest BCUT2D eigenvalue weighted by Crippen LogP contribution is -2.17. The number of anilines is 2. The topological polar surface area (TPSA) is 105 Å². The van der Waals surface area contributed by atoms with Crippen molar-refractivity contribution in [3.8, 4) is 16.2 Å². The number of benzene rings is 2. The van der Waals surface area contributed by atoms with Crippen molar-refractivity contribution in [3.63, 3.8) is 0 Å². The number of nitrogens with one attached hydrogen (secondary N) is 1. The van der Waals surface area contributed by atoms with Gasteiger partial charge in [-0.05, 0) is 54.3 Å². The van der Waals surface area contributed by atoms with Crippen LogP contribution in [0.25, 0.3) is 20.7 Å². The highest BCUT2D eigenvalue weighted by Gasteiger charge is 2.27. The quantitative estimate of drug-likeness (QED) is 0.240. The van der Waals surface area contributed by atoms with Gasteiger partial charge in [-0.25, -0.2) is 14.4 Å². The number of ether oxygens (including phenoxy) is 1. The second-order valence-corrected chi connectivity index (χ2v) is 10.4. The fourth-order valence-corrected chi connectivity index (χ4v) is 6.08. The molecular formula is C27H23ClFN5O3S. The molecule has 0 amide bonds. The molecule has 38 heavy (non-hydrogen) atoms. The molecule has 0 fully saturated rings. The summed E-state index contributed by atoms with van der Waals surface area (Å²) in [6.45, 7) is -0.173. The summed E-state index contributed by atoms with van der Waals surface area (Å²) >= 11 is 8.08. The molecule has 194 valence electrons.